The third-order valence-electron chi connectivity index (χ3n) is 4.33. The maximum absolute atomic E-state index is 12.4. The number of nitrogens with one attached hydrogen (secondary N) is 2. The number of rotatable bonds is 8. The number of nitrogens with zero attached hydrogens (tertiary/aromatic N) is 2. The molecule has 1 heterocycles. The molecule has 27 heavy (non-hydrogen) atoms. The Morgan fingerprint density at radius 2 is 2.07 bits per heavy atom. The van der Waals surface area contributed by atoms with Gasteiger partial charge in [-0.25, -0.2) is 4.98 Å². The van der Waals surface area contributed by atoms with Gasteiger partial charge in [0.15, 0.2) is 0 Å². The molecule has 4 N–H and O–H groups in total. The lowest BCUT2D eigenvalue weighted by atomic mass is 10.1. The van der Waals surface area contributed by atoms with Gasteiger partial charge in [0.05, 0.1) is 6.33 Å². The Bertz CT molecular complexity index is 735. The third-order valence-corrected chi connectivity index (χ3v) is 4.33. The Kier molecular flexibility index (Phi) is 9.28. The minimum atomic E-state index is -0.156. The maximum atomic E-state index is 12.4. The van der Waals surface area contributed by atoms with Crippen LogP contribution in [0.25, 0.3) is 0 Å². The molecule has 0 saturated heterocycles. The second kappa shape index (κ2) is 10.9. The Labute approximate surface area is 170 Å². The van der Waals surface area contributed by atoms with Crippen LogP contribution >= 0.6 is 24.8 Å². The summed E-state index contributed by atoms with van der Waals surface area (Å²) in [4.78, 5) is 28.4. The van der Waals surface area contributed by atoms with Crippen molar-refractivity contribution in [2.45, 2.75) is 31.8 Å². The van der Waals surface area contributed by atoms with Crippen LogP contribution < -0.4 is 16.4 Å². The lowest BCUT2D eigenvalue weighted by Gasteiger charge is -2.16. The molecular formula is C18H25Cl2N5O2. The van der Waals surface area contributed by atoms with Crippen molar-refractivity contribution in [1.82, 2.24) is 14.9 Å². The molecule has 3 rings (SSSR count). The minimum absolute atomic E-state index is 0. The highest BCUT2D eigenvalue weighted by Crippen LogP contribution is 2.32. The highest BCUT2D eigenvalue weighted by molar-refractivity contribution is 5.97. The number of hydrogen-bond donors (Lipinski definition) is 3. The largest absolute Gasteiger partial charge is 0.348 e. The molecular weight excluding hydrogens is 389 g/mol. The molecule has 1 unspecified atom stereocenters. The molecule has 2 amide bonds. The maximum Gasteiger partial charge on any atom is 0.251 e. The number of carbonyl (C=O) groups is 2. The Morgan fingerprint density at radius 3 is 2.70 bits per heavy atom. The van der Waals surface area contributed by atoms with Crippen LogP contribution in [0.15, 0.2) is 43.0 Å². The fourth-order valence-corrected chi connectivity index (χ4v) is 2.73. The lowest BCUT2D eigenvalue weighted by Crippen LogP contribution is -2.41. The number of hydrogen-bond acceptors (Lipinski definition) is 4. The molecule has 7 nitrogen and oxygen atoms in total. The summed E-state index contributed by atoms with van der Waals surface area (Å²) in [6.45, 7) is 1.01. The van der Waals surface area contributed by atoms with Crippen molar-refractivity contribution in [3.8, 4) is 0 Å². The fraction of sp³-hybridized carbons (Fsp3) is 0.389. The lowest BCUT2D eigenvalue weighted by molar-refractivity contribution is -0.116. The molecule has 1 aromatic carbocycles. The van der Waals surface area contributed by atoms with Gasteiger partial charge < -0.3 is 20.9 Å². The van der Waals surface area contributed by atoms with Gasteiger partial charge in [-0.2, -0.15) is 0 Å². The van der Waals surface area contributed by atoms with Crippen molar-refractivity contribution >= 4 is 42.3 Å². The first-order valence-corrected chi connectivity index (χ1v) is 8.52. The first kappa shape index (κ1) is 23.0. The van der Waals surface area contributed by atoms with Gasteiger partial charge in [-0.05, 0) is 37.0 Å². The molecule has 0 radical (unpaired) electrons. The van der Waals surface area contributed by atoms with Gasteiger partial charge in [0.1, 0.15) is 0 Å². The molecule has 0 bridgehead atoms. The zero-order valence-electron chi connectivity index (χ0n) is 14.8. The molecule has 1 atom stereocenters. The summed E-state index contributed by atoms with van der Waals surface area (Å²) in [5.41, 5.74) is 6.86. The molecule has 1 aromatic heterocycles. The molecule has 0 spiro atoms. The van der Waals surface area contributed by atoms with Crippen molar-refractivity contribution in [2.75, 3.05) is 11.9 Å². The van der Waals surface area contributed by atoms with Crippen LogP contribution in [0.5, 0.6) is 0 Å². The van der Waals surface area contributed by atoms with Crippen molar-refractivity contribution in [1.29, 1.82) is 0 Å². The van der Waals surface area contributed by atoms with Gasteiger partial charge in [-0.15, -0.1) is 24.8 Å². The van der Waals surface area contributed by atoms with E-state index in [1.165, 1.54) is 0 Å². The number of aryl methyl sites for hydroxylation is 1. The Balaban J connectivity index is 0.00000182. The van der Waals surface area contributed by atoms with Crippen LogP contribution in [0.1, 0.15) is 29.6 Å². The van der Waals surface area contributed by atoms with E-state index in [2.05, 4.69) is 15.6 Å². The number of nitrogens with two attached hydrogens (primary N) is 1. The SMILES string of the molecule is Cl.Cl.NCC(NC(=O)c1cccc(NC(=O)CCn2ccnc2)c1)C1CC1. The van der Waals surface area contributed by atoms with Gasteiger partial charge >= 0.3 is 0 Å². The number of amides is 2. The number of carbonyl (C=O) groups excluding carboxylic acids is 2. The van der Waals surface area contributed by atoms with Crippen LogP contribution in [0.2, 0.25) is 0 Å². The van der Waals surface area contributed by atoms with Gasteiger partial charge in [0, 0.05) is 49.2 Å². The normalized spacial score (nSPS) is 13.7. The van der Waals surface area contributed by atoms with Crippen LogP contribution in [0.4, 0.5) is 5.69 Å². The highest BCUT2D eigenvalue weighted by Gasteiger charge is 2.31. The molecule has 2 aromatic rings. The van der Waals surface area contributed by atoms with Crippen LogP contribution in [0.3, 0.4) is 0 Å². The second-order valence-corrected chi connectivity index (χ2v) is 6.33. The standard InChI is InChI=1S/C18H23N5O2.2ClH/c19-11-16(13-4-5-13)22-18(25)14-2-1-3-15(10-14)21-17(24)6-8-23-9-7-20-12-23;;/h1-3,7,9-10,12-13,16H,4-6,8,11,19H2,(H,21,24)(H,22,25);2*1H. The van der Waals surface area contributed by atoms with Crippen molar-refractivity contribution in [3.05, 3.63) is 48.5 Å². The summed E-state index contributed by atoms with van der Waals surface area (Å²) in [7, 11) is 0. The minimum Gasteiger partial charge on any atom is -0.348 e. The monoisotopic (exact) mass is 413 g/mol. The van der Waals surface area contributed by atoms with E-state index < -0.39 is 0 Å². The van der Waals surface area contributed by atoms with Crippen LogP contribution in [-0.2, 0) is 11.3 Å². The zero-order chi connectivity index (χ0) is 17.6. The zero-order valence-corrected chi connectivity index (χ0v) is 16.5. The van der Waals surface area contributed by atoms with E-state index in [4.69, 9.17) is 5.73 Å². The quantitative estimate of drug-likeness (QED) is 0.617. The molecule has 9 heteroatoms. The first-order chi connectivity index (χ1) is 12.2. The smallest absolute Gasteiger partial charge is 0.251 e. The molecule has 1 saturated carbocycles. The highest BCUT2D eigenvalue weighted by atomic mass is 35.5. The first-order valence-electron chi connectivity index (χ1n) is 8.52. The fourth-order valence-electron chi connectivity index (χ4n) is 2.73. The molecule has 1 fully saturated rings. The molecule has 1 aliphatic rings. The van der Waals surface area contributed by atoms with Gasteiger partial charge in [-0.1, -0.05) is 6.07 Å². The summed E-state index contributed by atoms with van der Waals surface area (Å²) in [6, 6.07) is 6.98. The van der Waals surface area contributed by atoms with E-state index in [9.17, 15) is 9.59 Å². The van der Waals surface area contributed by atoms with E-state index in [0.717, 1.165) is 12.8 Å². The molecule has 1 aliphatic carbocycles. The van der Waals surface area contributed by atoms with E-state index in [1.807, 2.05) is 10.8 Å². The average molecular weight is 414 g/mol. The van der Waals surface area contributed by atoms with E-state index in [0.29, 0.717) is 36.7 Å². The van der Waals surface area contributed by atoms with E-state index in [1.54, 1.807) is 36.8 Å². The van der Waals surface area contributed by atoms with Crippen molar-refractivity contribution in [3.63, 3.8) is 0 Å². The summed E-state index contributed by atoms with van der Waals surface area (Å²) < 4.78 is 1.84. The van der Waals surface area contributed by atoms with Crippen molar-refractivity contribution < 1.29 is 9.59 Å². The molecule has 0 aliphatic heterocycles. The van der Waals surface area contributed by atoms with Gasteiger partial charge in [0.2, 0.25) is 5.91 Å². The number of imidazole rings is 1. The van der Waals surface area contributed by atoms with Gasteiger partial charge in [-0.3, -0.25) is 9.59 Å². The van der Waals surface area contributed by atoms with Gasteiger partial charge in [0.25, 0.3) is 5.91 Å². The summed E-state index contributed by atoms with van der Waals surface area (Å²) in [5, 5.41) is 5.81. The number of halogens is 2. The van der Waals surface area contributed by atoms with Crippen LogP contribution in [-0.4, -0.2) is 34.0 Å². The van der Waals surface area contributed by atoms with E-state index in [-0.39, 0.29) is 42.7 Å². The van der Waals surface area contributed by atoms with E-state index >= 15 is 0 Å². The Morgan fingerprint density at radius 1 is 1.30 bits per heavy atom. The number of aromatic nitrogens is 2. The number of benzene rings is 1. The average Bonchev–Trinajstić information content (AvgIpc) is 3.33. The predicted molar refractivity (Wildman–Crippen MR) is 109 cm³/mol. The Hall–Kier alpha value is -2.09. The van der Waals surface area contributed by atoms with Crippen LogP contribution in [0, 0.1) is 5.92 Å². The summed E-state index contributed by atoms with van der Waals surface area (Å²) >= 11 is 0. The number of anilines is 1. The summed E-state index contributed by atoms with van der Waals surface area (Å²) in [5.74, 6) is 0.237. The topological polar surface area (TPSA) is 102 Å². The third kappa shape index (κ3) is 6.86. The molecule has 148 valence electrons. The second-order valence-electron chi connectivity index (χ2n) is 6.33. The summed E-state index contributed by atoms with van der Waals surface area (Å²) in [6.07, 6.45) is 7.74. The predicted octanol–water partition coefficient (Wildman–Crippen LogP) is 2.22. The van der Waals surface area contributed by atoms with Crippen molar-refractivity contribution in [2.24, 2.45) is 11.7 Å².